The van der Waals surface area contributed by atoms with Crippen LogP contribution < -0.4 is 4.90 Å². The van der Waals surface area contributed by atoms with E-state index in [4.69, 9.17) is 0 Å². The molecule has 0 N–H and O–H groups in total. The number of rotatable bonds is 3. The molecule has 0 bridgehead atoms. The molecule has 1 aromatic heterocycles. The normalized spacial score (nSPS) is 13.8. The second-order valence-corrected chi connectivity index (χ2v) is 3.77. The number of pyridine rings is 1. The van der Waals surface area contributed by atoms with Gasteiger partial charge in [-0.25, -0.2) is 4.39 Å². The van der Waals surface area contributed by atoms with Gasteiger partial charge in [-0.1, -0.05) is 19.1 Å². The Kier molecular flexibility index (Phi) is 3.04. The third-order valence-corrected chi connectivity index (χ3v) is 2.75. The van der Waals surface area contributed by atoms with Crippen molar-refractivity contribution < 1.29 is 4.39 Å². The Labute approximate surface area is 95.1 Å². The molecule has 16 heavy (non-hydrogen) atoms. The Hall–Kier alpha value is -1.64. The van der Waals surface area contributed by atoms with Crippen LogP contribution in [-0.2, 0) is 6.42 Å². The number of hydrogen-bond donors (Lipinski definition) is 0. The number of hydrogen-bond acceptors (Lipinski definition) is 2. The fraction of sp³-hybridized carbons (Fsp3) is 0.308. The minimum atomic E-state index is -0.217. The first-order valence-electron chi connectivity index (χ1n) is 5.47. The summed E-state index contributed by atoms with van der Waals surface area (Å²) in [4.78, 5) is 6.22. The maximum atomic E-state index is 13.7. The number of fused-ring (bicyclic) bond motifs is 1. The zero-order valence-corrected chi connectivity index (χ0v) is 9.41. The standard InChI is InChI=1S/C13H15FN2/c1-3-7-16-8-5-6-12-13(16)10(4-2)11(14)9-15-12/h3,5-6,9H,1,4,7-8H2,2H3. The van der Waals surface area contributed by atoms with Crippen LogP contribution in [0.25, 0.3) is 6.08 Å². The van der Waals surface area contributed by atoms with Gasteiger partial charge in [-0.15, -0.1) is 6.58 Å². The minimum absolute atomic E-state index is 0.217. The number of halogens is 1. The van der Waals surface area contributed by atoms with Crippen molar-refractivity contribution in [2.24, 2.45) is 0 Å². The van der Waals surface area contributed by atoms with Crippen molar-refractivity contribution in [3.63, 3.8) is 0 Å². The second kappa shape index (κ2) is 4.47. The molecule has 0 saturated carbocycles. The molecule has 2 rings (SSSR count). The molecule has 0 aromatic carbocycles. The van der Waals surface area contributed by atoms with Gasteiger partial charge in [0.15, 0.2) is 0 Å². The zero-order chi connectivity index (χ0) is 11.5. The Balaban J connectivity index is 2.55. The highest BCUT2D eigenvalue weighted by Crippen LogP contribution is 2.30. The van der Waals surface area contributed by atoms with Gasteiger partial charge in [-0.05, 0) is 12.5 Å². The fourth-order valence-corrected chi connectivity index (χ4v) is 2.05. The molecule has 0 atom stereocenters. The van der Waals surface area contributed by atoms with E-state index in [0.29, 0.717) is 6.42 Å². The van der Waals surface area contributed by atoms with Crippen LogP contribution in [-0.4, -0.2) is 18.1 Å². The van der Waals surface area contributed by atoms with Crippen molar-refractivity contribution in [3.8, 4) is 0 Å². The molecular weight excluding hydrogens is 203 g/mol. The van der Waals surface area contributed by atoms with E-state index >= 15 is 0 Å². The Morgan fingerprint density at radius 2 is 2.44 bits per heavy atom. The van der Waals surface area contributed by atoms with Crippen LogP contribution in [0, 0.1) is 5.82 Å². The number of nitrogens with zero attached hydrogens (tertiary/aromatic N) is 2. The Morgan fingerprint density at radius 3 is 3.12 bits per heavy atom. The number of anilines is 1. The Morgan fingerprint density at radius 1 is 1.62 bits per heavy atom. The average Bonchev–Trinajstić information content (AvgIpc) is 2.30. The maximum absolute atomic E-state index is 13.7. The summed E-state index contributed by atoms with van der Waals surface area (Å²) in [7, 11) is 0. The highest BCUT2D eigenvalue weighted by atomic mass is 19.1. The summed E-state index contributed by atoms with van der Waals surface area (Å²) in [5, 5.41) is 0. The van der Waals surface area contributed by atoms with Gasteiger partial charge in [-0.2, -0.15) is 0 Å². The van der Waals surface area contributed by atoms with E-state index in [-0.39, 0.29) is 5.82 Å². The molecule has 0 unspecified atom stereocenters. The highest BCUT2D eigenvalue weighted by Gasteiger charge is 2.19. The minimum Gasteiger partial charge on any atom is -0.362 e. The summed E-state index contributed by atoms with van der Waals surface area (Å²) in [5.74, 6) is -0.217. The molecule has 2 heterocycles. The average molecular weight is 218 g/mol. The van der Waals surface area contributed by atoms with E-state index in [1.807, 2.05) is 25.2 Å². The lowest BCUT2D eigenvalue weighted by molar-refractivity contribution is 0.604. The van der Waals surface area contributed by atoms with E-state index in [1.54, 1.807) is 0 Å². The van der Waals surface area contributed by atoms with E-state index in [1.165, 1.54) is 6.20 Å². The predicted molar refractivity (Wildman–Crippen MR) is 65.0 cm³/mol. The quantitative estimate of drug-likeness (QED) is 0.725. The van der Waals surface area contributed by atoms with Crippen LogP contribution in [0.2, 0.25) is 0 Å². The molecule has 0 aliphatic carbocycles. The van der Waals surface area contributed by atoms with Crippen LogP contribution in [0.5, 0.6) is 0 Å². The maximum Gasteiger partial charge on any atom is 0.146 e. The smallest absolute Gasteiger partial charge is 0.146 e. The summed E-state index contributed by atoms with van der Waals surface area (Å²) < 4.78 is 13.7. The molecule has 0 saturated heterocycles. The fourth-order valence-electron chi connectivity index (χ4n) is 2.05. The molecule has 3 heteroatoms. The third kappa shape index (κ3) is 1.73. The van der Waals surface area contributed by atoms with E-state index in [9.17, 15) is 4.39 Å². The van der Waals surface area contributed by atoms with Crippen molar-refractivity contribution in [1.82, 2.24) is 4.98 Å². The van der Waals surface area contributed by atoms with Gasteiger partial charge in [0.05, 0.1) is 17.6 Å². The van der Waals surface area contributed by atoms with Crippen molar-refractivity contribution in [1.29, 1.82) is 0 Å². The zero-order valence-electron chi connectivity index (χ0n) is 9.41. The van der Waals surface area contributed by atoms with Crippen molar-refractivity contribution in [3.05, 3.63) is 42.0 Å². The van der Waals surface area contributed by atoms with Crippen LogP contribution >= 0.6 is 0 Å². The molecule has 0 spiro atoms. The third-order valence-electron chi connectivity index (χ3n) is 2.75. The lowest BCUT2D eigenvalue weighted by Gasteiger charge is -2.28. The summed E-state index contributed by atoms with van der Waals surface area (Å²) in [6.45, 7) is 7.19. The molecule has 84 valence electrons. The van der Waals surface area contributed by atoms with Gasteiger partial charge in [0.2, 0.25) is 0 Å². The topological polar surface area (TPSA) is 16.1 Å². The molecular formula is C13H15FN2. The first-order valence-corrected chi connectivity index (χ1v) is 5.47. The van der Waals surface area contributed by atoms with Gasteiger partial charge >= 0.3 is 0 Å². The van der Waals surface area contributed by atoms with Crippen LogP contribution in [0.1, 0.15) is 18.2 Å². The highest BCUT2D eigenvalue weighted by molar-refractivity contribution is 5.71. The number of aromatic nitrogens is 1. The van der Waals surface area contributed by atoms with Crippen LogP contribution in [0.3, 0.4) is 0 Å². The van der Waals surface area contributed by atoms with Gasteiger partial charge in [0.25, 0.3) is 0 Å². The largest absolute Gasteiger partial charge is 0.362 e. The molecule has 0 radical (unpaired) electrons. The van der Waals surface area contributed by atoms with Crippen LogP contribution in [0.4, 0.5) is 10.1 Å². The van der Waals surface area contributed by atoms with Crippen LogP contribution in [0.15, 0.2) is 24.9 Å². The first kappa shape index (κ1) is 10.9. The van der Waals surface area contributed by atoms with Gasteiger partial charge in [0, 0.05) is 18.7 Å². The second-order valence-electron chi connectivity index (χ2n) is 3.77. The molecule has 1 aromatic rings. The van der Waals surface area contributed by atoms with E-state index < -0.39 is 0 Å². The predicted octanol–water partition coefficient (Wildman–Crippen LogP) is 2.80. The summed E-state index contributed by atoms with van der Waals surface area (Å²) in [5.41, 5.74) is 2.52. The summed E-state index contributed by atoms with van der Waals surface area (Å²) >= 11 is 0. The summed E-state index contributed by atoms with van der Waals surface area (Å²) in [6, 6.07) is 0. The molecule has 2 nitrogen and oxygen atoms in total. The summed E-state index contributed by atoms with van der Waals surface area (Å²) in [6.07, 6.45) is 7.80. The van der Waals surface area contributed by atoms with Crippen molar-refractivity contribution in [2.75, 3.05) is 18.0 Å². The van der Waals surface area contributed by atoms with Crippen molar-refractivity contribution >= 4 is 11.8 Å². The first-order chi connectivity index (χ1) is 7.77. The van der Waals surface area contributed by atoms with Crippen molar-refractivity contribution in [2.45, 2.75) is 13.3 Å². The molecule has 0 fully saturated rings. The van der Waals surface area contributed by atoms with E-state index in [0.717, 1.165) is 30.0 Å². The van der Waals surface area contributed by atoms with Gasteiger partial charge in [0.1, 0.15) is 5.82 Å². The lowest BCUT2D eigenvalue weighted by atomic mass is 10.1. The lowest BCUT2D eigenvalue weighted by Crippen LogP contribution is -2.28. The Bertz CT molecular complexity index is 438. The molecule has 0 amide bonds. The van der Waals surface area contributed by atoms with Gasteiger partial charge in [-0.3, -0.25) is 4.98 Å². The van der Waals surface area contributed by atoms with E-state index in [2.05, 4.69) is 16.5 Å². The molecule has 1 aliphatic rings. The van der Waals surface area contributed by atoms with Gasteiger partial charge < -0.3 is 4.90 Å². The monoisotopic (exact) mass is 218 g/mol. The molecule has 1 aliphatic heterocycles. The SMILES string of the molecule is C=CCN1CC=Cc2ncc(F)c(CC)c21.